The molecular weight excluding hydrogens is 599 g/mol. The minimum absolute atomic E-state index is 0.0722. The van der Waals surface area contributed by atoms with Crippen LogP contribution in [0.1, 0.15) is 162 Å². The Morgan fingerprint density at radius 2 is 1.17 bits per heavy atom. The van der Waals surface area contributed by atoms with E-state index in [-0.39, 0.29) is 25.7 Å². The van der Waals surface area contributed by atoms with Gasteiger partial charge in [0.05, 0.1) is 25.4 Å². The van der Waals surface area contributed by atoms with Gasteiger partial charge in [0.15, 0.2) is 0 Å². The minimum atomic E-state index is -4.34. The molecule has 5 N–H and O–H groups in total. The van der Waals surface area contributed by atoms with Crippen molar-refractivity contribution in [2.24, 2.45) is 5.73 Å². The molecule has 46 heavy (non-hydrogen) atoms. The number of amides is 1. The number of nitrogens with one attached hydrogen (secondary N) is 1. The Kier molecular flexibility index (Phi) is 32.7. The normalized spacial score (nSPS) is 14.8. The lowest BCUT2D eigenvalue weighted by atomic mass is 10.1. The first kappa shape index (κ1) is 44.7. The molecule has 0 aliphatic carbocycles. The number of unbranched alkanes of at least 4 members (excludes halogenated alkanes) is 18. The van der Waals surface area contributed by atoms with Crippen LogP contribution in [0, 0.1) is 0 Å². The summed E-state index contributed by atoms with van der Waals surface area (Å²) in [4.78, 5) is 22.5. The van der Waals surface area contributed by atoms with E-state index in [9.17, 15) is 19.4 Å². The highest BCUT2D eigenvalue weighted by Gasteiger charge is 2.26. The van der Waals surface area contributed by atoms with Gasteiger partial charge in [0.1, 0.15) is 0 Å². The summed E-state index contributed by atoms with van der Waals surface area (Å²) in [5.41, 5.74) is 5.34. The predicted octanol–water partition coefficient (Wildman–Crippen LogP) is 9.61. The zero-order valence-electron chi connectivity index (χ0n) is 29.6. The van der Waals surface area contributed by atoms with E-state index in [2.05, 4.69) is 43.5 Å². The number of allylic oxidation sites excluding steroid dienone is 5. The van der Waals surface area contributed by atoms with E-state index in [1.807, 2.05) is 6.08 Å². The zero-order valence-corrected chi connectivity index (χ0v) is 30.4. The van der Waals surface area contributed by atoms with Crippen LogP contribution in [0.2, 0.25) is 0 Å². The summed E-state index contributed by atoms with van der Waals surface area (Å²) in [5.74, 6) is -0.217. The maximum absolute atomic E-state index is 12.6. The summed E-state index contributed by atoms with van der Waals surface area (Å²) in [7, 11) is -4.34. The molecule has 0 aliphatic rings. The van der Waals surface area contributed by atoms with Crippen LogP contribution in [0.4, 0.5) is 0 Å². The van der Waals surface area contributed by atoms with Crippen LogP contribution in [0.3, 0.4) is 0 Å². The number of phosphoric ester groups is 1. The second kappa shape index (κ2) is 33.6. The van der Waals surface area contributed by atoms with E-state index in [1.54, 1.807) is 6.08 Å². The second-order valence-electron chi connectivity index (χ2n) is 12.4. The molecule has 0 saturated carbocycles. The molecule has 0 heterocycles. The third kappa shape index (κ3) is 31.3. The topological polar surface area (TPSA) is 131 Å². The Bertz CT molecular complexity index is 820. The van der Waals surface area contributed by atoms with Gasteiger partial charge >= 0.3 is 7.82 Å². The van der Waals surface area contributed by atoms with Crippen molar-refractivity contribution in [1.29, 1.82) is 0 Å². The predicted molar refractivity (Wildman–Crippen MR) is 194 cm³/mol. The lowest BCUT2D eigenvalue weighted by Crippen LogP contribution is -2.45. The summed E-state index contributed by atoms with van der Waals surface area (Å²) in [6.07, 6.45) is 37.6. The maximum atomic E-state index is 12.6. The Balaban J connectivity index is 4.39. The van der Waals surface area contributed by atoms with Gasteiger partial charge in [-0.3, -0.25) is 13.8 Å². The molecule has 0 spiro atoms. The van der Waals surface area contributed by atoms with Gasteiger partial charge in [-0.15, -0.1) is 0 Å². The van der Waals surface area contributed by atoms with Gasteiger partial charge in [-0.1, -0.05) is 140 Å². The summed E-state index contributed by atoms with van der Waals surface area (Å²) < 4.78 is 22.0. The van der Waals surface area contributed by atoms with Crippen LogP contribution in [0.25, 0.3) is 0 Å². The van der Waals surface area contributed by atoms with E-state index in [4.69, 9.17) is 14.8 Å². The quantitative estimate of drug-likeness (QED) is 0.0305. The van der Waals surface area contributed by atoms with Crippen LogP contribution < -0.4 is 11.1 Å². The van der Waals surface area contributed by atoms with Crippen LogP contribution in [0.5, 0.6) is 0 Å². The van der Waals surface area contributed by atoms with Crippen LogP contribution in [-0.2, 0) is 18.4 Å². The number of carbonyl (C=O) groups is 1. The maximum Gasteiger partial charge on any atom is 0.472 e. The lowest BCUT2D eigenvalue weighted by molar-refractivity contribution is -0.123. The molecule has 9 heteroatoms. The first-order chi connectivity index (χ1) is 22.4. The largest absolute Gasteiger partial charge is 0.472 e. The zero-order chi connectivity index (χ0) is 34.0. The number of aliphatic hydroxyl groups is 1. The molecule has 0 aliphatic heterocycles. The van der Waals surface area contributed by atoms with Gasteiger partial charge < -0.3 is 21.1 Å². The number of hydrogen-bond acceptors (Lipinski definition) is 6. The third-order valence-electron chi connectivity index (χ3n) is 7.94. The first-order valence-corrected chi connectivity index (χ1v) is 20.1. The Morgan fingerprint density at radius 3 is 1.74 bits per heavy atom. The highest BCUT2D eigenvalue weighted by molar-refractivity contribution is 7.47. The van der Waals surface area contributed by atoms with Crippen molar-refractivity contribution in [3.05, 3.63) is 36.5 Å². The Labute approximate surface area is 282 Å². The number of nitrogens with two attached hydrogens (primary N) is 1. The minimum Gasteiger partial charge on any atom is -0.387 e. The van der Waals surface area contributed by atoms with Crippen molar-refractivity contribution in [1.82, 2.24) is 5.32 Å². The molecule has 0 aromatic heterocycles. The van der Waals surface area contributed by atoms with Crippen molar-refractivity contribution in [2.75, 3.05) is 19.8 Å². The number of phosphoric acid groups is 1. The Morgan fingerprint density at radius 1 is 0.696 bits per heavy atom. The molecule has 0 aromatic rings. The van der Waals surface area contributed by atoms with Gasteiger partial charge in [-0.05, 0) is 51.4 Å². The third-order valence-corrected chi connectivity index (χ3v) is 8.92. The fourth-order valence-electron chi connectivity index (χ4n) is 5.07. The van der Waals surface area contributed by atoms with E-state index < -0.39 is 20.0 Å². The molecular formula is C37H71N2O6P. The monoisotopic (exact) mass is 671 g/mol. The van der Waals surface area contributed by atoms with Gasteiger partial charge in [-0.25, -0.2) is 4.57 Å². The molecule has 0 fully saturated rings. The van der Waals surface area contributed by atoms with Crippen molar-refractivity contribution >= 4 is 13.7 Å². The summed E-state index contributed by atoms with van der Waals surface area (Å²) in [5, 5.41) is 13.6. The van der Waals surface area contributed by atoms with Crippen molar-refractivity contribution in [3.8, 4) is 0 Å². The van der Waals surface area contributed by atoms with Crippen LogP contribution in [-0.4, -0.2) is 47.8 Å². The van der Waals surface area contributed by atoms with Gasteiger partial charge in [0.2, 0.25) is 5.91 Å². The highest BCUT2D eigenvalue weighted by atomic mass is 31.2. The summed E-state index contributed by atoms with van der Waals surface area (Å²) in [6, 6.07) is -0.878. The summed E-state index contributed by atoms with van der Waals surface area (Å²) in [6.45, 7) is 4.04. The molecule has 0 saturated heterocycles. The van der Waals surface area contributed by atoms with Crippen molar-refractivity contribution < 1.29 is 28.4 Å². The molecule has 0 aromatic carbocycles. The van der Waals surface area contributed by atoms with Gasteiger partial charge in [0, 0.05) is 13.0 Å². The number of hydrogen-bond donors (Lipinski definition) is 4. The molecule has 8 nitrogen and oxygen atoms in total. The lowest BCUT2D eigenvalue weighted by Gasteiger charge is -2.23. The highest BCUT2D eigenvalue weighted by Crippen LogP contribution is 2.43. The van der Waals surface area contributed by atoms with E-state index >= 15 is 0 Å². The number of rotatable bonds is 34. The van der Waals surface area contributed by atoms with Gasteiger partial charge in [0.25, 0.3) is 0 Å². The fraction of sp³-hybridized carbons (Fsp3) is 0.811. The molecule has 3 atom stereocenters. The summed E-state index contributed by atoms with van der Waals surface area (Å²) >= 11 is 0. The average Bonchev–Trinajstić information content (AvgIpc) is 3.04. The molecule has 0 bridgehead atoms. The molecule has 0 radical (unpaired) electrons. The van der Waals surface area contributed by atoms with Crippen LogP contribution >= 0.6 is 7.82 Å². The van der Waals surface area contributed by atoms with Crippen molar-refractivity contribution in [2.45, 2.75) is 174 Å². The standard InChI is InChI=1S/C37H71N2O6P/c1-3-5-7-9-11-13-15-16-17-18-19-21-22-24-26-28-30-36(40)35(34-45-46(42,43)44-33-32-38)39-37(41)31-29-27-25-23-20-14-12-10-8-6-4-2/h10,12,21-22,28,30,35-36,40H,3-9,11,13-20,23-27,29,31-34,38H2,1-2H3,(H,39,41)(H,42,43)/b12-10-,22-21+,30-28+. The van der Waals surface area contributed by atoms with Crippen LogP contribution in [0.15, 0.2) is 36.5 Å². The molecule has 0 rings (SSSR count). The number of carbonyl (C=O) groups excluding carboxylic acids is 1. The smallest absolute Gasteiger partial charge is 0.387 e. The van der Waals surface area contributed by atoms with E-state index in [0.717, 1.165) is 64.2 Å². The van der Waals surface area contributed by atoms with E-state index in [0.29, 0.717) is 6.42 Å². The SMILES string of the molecule is CCCC/C=C\CCCCCCCC(=O)NC(COP(=O)(O)OCCN)C(O)/C=C/CC/C=C/CCCCCCCCCCCC. The van der Waals surface area contributed by atoms with Crippen molar-refractivity contribution in [3.63, 3.8) is 0 Å². The second-order valence-corrected chi connectivity index (χ2v) is 13.9. The molecule has 270 valence electrons. The first-order valence-electron chi connectivity index (χ1n) is 18.6. The number of aliphatic hydroxyl groups excluding tert-OH is 1. The van der Waals surface area contributed by atoms with Gasteiger partial charge in [-0.2, -0.15) is 0 Å². The fourth-order valence-corrected chi connectivity index (χ4v) is 5.83. The Hall–Kier alpha value is -1.28. The molecule has 1 amide bonds. The average molecular weight is 671 g/mol. The van der Waals surface area contributed by atoms with E-state index in [1.165, 1.54) is 77.0 Å². The molecule has 3 unspecified atom stereocenters.